The molecular weight excluding hydrogens is 204 g/mol. The fourth-order valence-corrected chi connectivity index (χ4v) is 1.84. The minimum atomic E-state index is -0.810. The van der Waals surface area contributed by atoms with Gasteiger partial charge >= 0.3 is 5.97 Å². The van der Waals surface area contributed by atoms with Crippen molar-refractivity contribution in [2.75, 3.05) is 0 Å². The number of rotatable bonds is 3. The van der Waals surface area contributed by atoms with Crippen molar-refractivity contribution in [1.82, 2.24) is 9.78 Å². The van der Waals surface area contributed by atoms with Crippen molar-refractivity contribution >= 4 is 5.97 Å². The maximum atomic E-state index is 10.8. The summed E-state index contributed by atoms with van der Waals surface area (Å²) in [5.74, 6) is -0.536. The summed E-state index contributed by atoms with van der Waals surface area (Å²) in [5, 5.41) is 13.2. The van der Waals surface area contributed by atoms with Crippen molar-refractivity contribution in [2.45, 2.75) is 52.5 Å². The first-order chi connectivity index (χ1) is 7.23. The number of hydrogen-bond acceptors (Lipinski definition) is 2. The van der Waals surface area contributed by atoms with Crippen LogP contribution in [0.15, 0.2) is 6.20 Å². The Morgan fingerprint density at radius 2 is 2.06 bits per heavy atom. The van der Waals surface area contributed by atoms with Crippen LogP contribution in [0.4, 0.5) is 0 Å². The first kappa shape index (κ1) is 12.7. The highest BCUT2D eigenvalue weighted by Gasteiger charge is 2.23. The van der Waals surface area contributed by atoms with Gasteiger partial charge in [0.25, 0.3) is 0 Å². The van der Waals surface area contributed by atoms with E-state index in [1.165, 1.54) is 0 Å². The van der Waals surface area contributed by atoms with Gasteiger partial charge in [0.1, 0.15) is 0 Å². The van der Waals surface area contributed by atoms with Gasteiger partial charge in [-0.25, -0.2) is 0 Å². The van der Waals surface area contributed by atoms with Crippen LogP contribution in [0.5, 0.6) is 0 Å². The average molecular weight is 224 g/mol. The molecular formula is C12H20N2O2. The molecule has 1 rings (SSSR count). The van der Waals surface area contributed by atoms with Crippen LogP contribution < -0.4 is 0 Å². The van der Waals surface area contributed by atoms with Crippen LogP contribution in [-0.4, -0.2) is 20.9 Å². The minimum absolute atomic E-state index is 0.0452. The van der Waals surface area contributed by atoms with Crippen LogP contribution in [-0.2, 0) is 16.8 Å². The third-order valence-electron chi connectivity index (χ3n) is 2.41. The summed E-state index contributed by atoms with van der Waals surface area (Å²) in [6.45, 7) is 10.3. The number of carboxylic acid groups (broad SMARTS) is 1. The lowest BCUT2D eigenvalue weighted by Crippen LogP contribution is -2.26. The molecule has 0 saturated heterocycles. The second kappa shape index (κ2) is 4.28. The number of aromatic nitrogens is 2. The van der Waals surface area contributed by atoms with Gasteiger partial charge in [0.15, 0.2) is 0 Å². The molecule has 0 bridgehead atoms. The van der Waals surface area contributed by atoms with Gasteiger partial charge in [-0.2, -0.15) is 5.10 Å². The largest absolute Gasteiger partial charge is 0.481 e. The van der Waals surface area contributed by atoms with Gasteiger partial charge in [-0.15, -0.1) is 0 Å². The predicted octanol–water partition coefficient (Wildman–Crippen LogP) is 2.39. The standard InChI is InChI=1S/C12H20N2O2/c1-8(2)11-9(6-10(15)16)7-13-14(11)12(3,4)5/h7-8H,6H2,1-5H3,(H,15,16). The number of carboxylic acids is 1. The molecule has 0 fully saturated rings. The Morgan fingerprint density at radius 3 is 2.44 bits per heavy atom. The lowest BCUT2D eigenvalue weighted by molar-refractivity contribution is -0.136. The summed E-state index contributed by atoms with van der Waals surface area (Å²) in [5.41, 5.74) is 1.73. The second-order valence-electron chi connectivity index (χ2n) is 5.36. The zero-order chi connectivity index (χ0) is 12.5. The zero-order valence-electron chi connectivity index (χ0n) is 10.6. The predicted molar refractivity (Wildman–Crippen MR) is 62.7 cm³/mol. The summed E-state index contributed by atoms with van der Waals surface area (Å²) in [6.07, 6.45) is 1.72. The molecule has 0 radical (unpaired) electrons. The molecule has 0 aliphatic heterocycles. The first-order valence-corrected chi connectivity index (χ1v) is 5.52. The number of aliphatic carboxylic acids is 1. The fourth-order valence-electron chi connectivity index (χ4n) is 1.84. The van der Waals surface area contributed by atoms with E-state index in [0.717, 1.165) is 11.3 Å². The van der Waals surface area contributed by atoms with Gasteiger partial charge in [-0.3, -0.25) is 9.48 Å². The van der Waals surface area contributed by atoms with Gasteiger partial charge in [0.05, 0.1) is 18.2 Å². The molecule has 1 aromatic rings. The second-order valence-corrected chi connectivity index (χ2v) is 5.36. The van der Waals surface area contributed by atoms with Crippen LogP contribution in [0, 0.1) is 0 Å². The Kier molecular flexibility index (Phi) is 3.41. The van der Waals surface area contributed by atoms with Crippen molar-refractivity contribution in [3.8, 4) is 0 Å². The normalized spacial score (nSPS) is 12.1. The molecule has 0 unspecified atom stereocenters. The summed E-state index contributed by atoms with van der Waals surface area (Å²) >= 11 is 0. The van der Waals surface area contributed by atoms with E-state index in [4.69, 9.17) is 5.11 Å². The van der Waals surface area contributed by atoms with E-state index in [2.05, 4.69) is 39.7 Å². The minimum Gasteiger partial charge on any atom is -0.481 e. The highest BCUT2D eigenvalue weighted by atomic mass is 16.4. The van der Waals surface area contributed by atoms with Crippen molar-refractivity contribution in [1.29, 1.82) is 0 Å². The number of nitrogens with zero attached hydrogens (tertiary/aromatic N) is 2. The van der Waals surface area contributed by atoms with Crippen molar-refractivity contribution in [2.24, 2.45) is 0 Å². The Bertz CT molecular complexity index is 386. The summed E-state index contributed by atoms with van der Waals surface area (Å²) in [4.78, 5) is 10.8. The van der Waals surface area contributed by atoms with E-state index >= 15 is 0 Å². The van der Waals surface area contributed by atoms with Gasteiger partial charge < -0.3 is 5.11 Å². The van der Waals surface area contributed by atoms with E-state index < -0.39 is 5.97 Å². The molecule has 0 amide bonds. The maximum Gasteiger partial charge on any atom is 0.307 e. The van der Waals surface area contributed by atoms with Gasteiger partial charge in [-0.05, 0) is 26.7 Å². The molecule has 0 aromatic carbocycles. The Morgan fingerprint density at radius 1 is 1.50 bits per heavy atom. The van der Waals surface area contributed by atoms with Gasteiger partial charge in [0.2, 0.25) is 0 Å². The smallest absolute Gasteiger partial charge is 0.307 e. The monoisotopic (exact) mass is 224 g/mol. The van der Waals surface area contributed by atoms with E-state index in [9.17, 15) is 4.79 Å². The molecule has 0 saturated carbocycles. The number of carbonyl (C=O) groups is 1. The van der Waals surface area contributed by atoms with Crippen LogP contribution in [0.2, 0.25) is 0 Å². The molecule has 16 heavy (non-hydrogen) atoms. The first-order valence-electron chi connectivity index (χ1n) is 5.52. The molecule has 1 N–H and O–H groups in total. The number of hydrogen-bond donors (Lipinski definition) is 1. The lowest BCUT2D eigenvalue weighted by Gasteiger charge is -2.24. The van der Waals surface area contributed by atoms with E-state index in [1.54, 1.807) is 6.20 Å². The quantitative estimate of drug-likeness (QED) is 0.857. The summed E-state index contributed by atoms with van der Waals surface area (Å²) in [7, 11) is 0. The van der Waals surface area contributed by atoms with Gasteiger partial charge in [0, 0.05) is 11.3 Å². The summed E-state index contributed by atoms with van der Waals surface area (Å²) < 4.78 is 1.93. The molecule has 0 spiro atoms. The van der Waals surface area contributed by atoms with E-state index in [0.29, 0.717) is 0 Å². The molecule has 1 heterocycles. The maximum absolute atomic E-state index is 10.8. The van der Waals surface area contributed by atoms with Crippen molar-refractivity contribution < 1.29 is 9.90 Å². The van der Waals surface area contributed by atoms with Crippen LogP contribution in [0.3, 0.4) is 0 Å². The van der Waals surface area contributed by atoms with Crippen molar-refractivity contribution in [3.05, 3.63) is 17.5 Å². The third-order valence-corrected chi connectivity index (χ3v) is 2.41. The van der Waals surface area contributed by atoms with E-state index in [-0.39, 0.29) is 17.9 Å². The molecule has 1 aromatic heterocycles. The van der Waals surface area contributed by atoms with Crippen LogP contribution >= 0.6 is 0 Å². The molecule has 0 aliphatic carbocycles. The van der Waals surface area contributed by atoms with Crippen LogP contribution in [0.25, 0.3) is 0 Å². The zero-order valence-corrected chi connectivity index (χ0v) is 10.6. The SMILES string of the molecule is CC(C)c1c(CC(=O)O)cnn1C(C)(C)C. The Balaban J connectivity index is 3.22. The van der Waals surface area contributed by atoms with Crippen molar-refractivity contribution in [3.63, 3.8) is 0 Å². The Hall–Kier alpha value is -1.32. The summed E-state index contributed by atoms with van der Waals surface area (Å²) in [6, 6.07) is 0. The molecule has 0 aliphatic rings. The van der Waals surface area contributed by atoms with E-state index in [1.807, 2.05) is 4.68 Å². The molecule has 4 heteroatoms. The van der Waals surface area contributed by atoms with Gasteiger partial charge in [-0.1, -0.05) is 13.8 Å². The molecule has 4 nitrogen and oxygen atoms in total. The Labute approximate surface area is 96.3 Å². The topological polar surface area (TPSA) is 55.1 Å². The third kappa shape index (κ3) is 2.62. The molecule has 0 atom stereocenters. The highest BCUT2D eigenvalue weighted by Crippen LogP contribution is 2.25. The fraction of sp³-hybridized carbons (Fsp3) is 0.667. The highest BCUT2D eigenvalue weighted by molar-refractivity contribution is 5.70. The average Bonchev–Trinajstić information content (AvgIpc) is 2.45. The molecule has 90 valence electrons. The van der Waals surface area contributed by atoms with Crippen LogP contribution in [0.1, 0.15) is 51.8 Å². The lowest BCUT2D eigenvalue weighted by atomic mass is 10.0.